The van der Waals surface area contributed by atoms with Crippen LogP contribution in [0.25, 0.3) is 11.4 Å². The Labute approximate surface area is 228 Å². The monoisotopic (exact) mass is 527 g/mol. The predicted molar refractivity (Wildman–Crippen MR) is 148 cm³/mol. The van der Waals surface area contributed by atoms with Gasteiger partial charge < -0.3 is 10.1 Å². The normalized spacial score (nSPS) is 12.0. The molecule has 1 unspecified atom stereocenters. The largest absolute Gasteiger partial charge is 0.494 e. The average Bonchev–Trinajstić information content (AvgIpc) is 3.36. The first-order valence-corrected chi connectivity index (χ1v) is 12.8. The number of hydrogen-bond acceptors (Lipinski definition) is 7. The molecule has 2 amide bonds. The molecule has 2 heterocycles. The molecule has 0 bridgehead atoms. The minimum atomic E-state index is -0.974. The molecule has 4 rings (SSSR count). The van der Waals surface area contributed by atoms with Crippen LogP contribution in [0.1, 0.15) is 44.9 Å². The van der Waals surface area contributed by atoms with Gasteiger partial charge in [0.1, 0.15) is 18.3 Å². The van der Waals surface area contributed by atoms with Crippen molar-refractivity contribution >= 4 is 17.5 Å². The zero-order valence-electron chi connectivity index (χ0n) is 22.8. The Morgan fingerprint density at radius 3 is 2.28 bits per heavy atom. The van der Waals surface area contributed by atoms with Gasteiger partial charge in [-0.25, -0.2) is 0 Å². The fourth-order valence-corrected chi connectivity index (χ4v) is 4.03. The van der Waals surface area contributed by atoms with E-state index in [-0.39, 0.29) is 12.5 Å². The molecule has 1 N–H and O–H groups in total. The summed E-state index contributed by atoms with van der Waals surface area (Å²) in [5, 5.41) is 15.7. The molecule has 0 aliphatic heterocycles. The summed E-state index contributed by atoms with van der Waals surface area (Å²) in [4.78, 5) is 34.5. The smallest absolute Gasteiger partial charge is 0.251 e. The van der Waals surface area contributed by atoms with Gasteiger partial charge in [0.25, 0.3) is 5.91 Å². The Hall–Kier alpha value is -4.60. The van der Waals surface area contributed by atoms with E-state index in [1.54, 1.807) is 48.8 Å². The summed E-state index contributed by atoms with van der Waals surface area (Å²) in [6, 6.07) is 17.3. The lowest BCUT2D eigenvalue weighted by Crippen LogP contribution is -2.50. The van der Waals surface area contributed by atoms with E-state index in [1.807, 2.05) is 58.9 Å². The van der Waals surface area contributed by atoms with Crippen molar-refractivity contribution in [1.29, 1.82) is 0 Å². The number of anilines is 1. The average molecular weight is 528 g/mol. The van der Waals surface area contributed by atoms with Crippen LogP contribution in [0.15, 0.2) is 73.1 Å². The zero-order chi connectivity index (χ0) is 28.0. The van der Waals surface area contributed by atoms with E-state index in [0.717, 1.165) is 11.1 Å². The zero-order valence-corrected chi connectivity index (χ0v) is 22.8. The molecule has 0 saturated carbocycles. The Morgan fingerprint density at radius 1 is 1.00 bits per heavy atom. The predicted octanol–water partition coefficient (Wildman–Crippen LogP) is 4.13. The molecule has 202 valence electrons. The molecule has 10 heteroatoms. The van der Waals surface area contributed by atoms with Gasteiger partial charge in [0.05, 0.1) is 6.61 Å². The molecule has 0 aliphatic rings. The van der Waals surface area contributed by atoms with Gasteiger partial charge in [-0.1, -0.05) is 29.8 Å². The van der Waals surface area contributed by atoms with Crippen LogP contribution in [-0.4, -0.2) is 49.2 Å². The number of pyridine rings is 1. The number of amides is 2. The Balaban J connectivity index is 1.72. The number of benzene rings is 2. The molecule has 1 atom stereocenters. The first-order valence-electron chi connectivity index (χ1n) is 12.8. The molecule has 2 aromatic carbocycles. The van der Waals surface area contributed by atoms with Crippen molar-refractivity contribution in [2.24, 2.45) is 0 Å². The van der Waals surface area contributed by atoms with Crippen molar-refractivity contribution in [3.63, 3.8) is 0 Å². The Bertz CT molecular complexity index is 1400. The van der Waals surface area contributed by atoms with Crippen LogP contribution in [0.5, 0.6) is 5.75 Å². The number of carbonyl (C=O) groups is 2. The van der Waals surface area contributed by atoms with Crippen molar-refractivity contribution in [1.82, 2.24) is 30.5 Å². The number of rotatable bonds is 9. The summed E-state index contributed by atoms with van der Waals surface area (Å²) >= 11 is 0. The van der Waals surface area contributed by atoms with Gasteiger partial charge >= 0.3 is 0 Å². The van der Waals surface area contributed by atoms with Crippen LogP contribution in [0, 0.1) is 6.92 Å². The molecule has 0 fully saturated rings. The van der Waals surface area contributed by atoms with Crippen LogP contribution in [-0.2, 0) is 16.1 Å². The summed E-state index contributed by atoms with van der Waals surface area (Å²) in [5.74, 6) is 0.348. The summed E-state index contributed by atoms with van der Waals surface area (Å²) in [7, 11) is 0. The van der Waals surface area contributed by atoms with E-state index < -0.39 is 17.5 Å². The Kier molecular flexibility index (Phi) is 8.33. The first kappa shape index (κ1) is 27.4. The standard InChI is InChI=1S/C29H33N7O3/c1-6-39-24-13-11-23(12-14-24)36(26(21-15-17-30-18-16-21)28(38)31-29(3,4)5)25(37)19-35-33-27(32-34-35)22-9-7-20(2)8-10-22/h7-18,26H,6,19H2,1-5H3,(H,31,38). The van der Waals surface area contributed by atoms with Crippen LogP contribution in [0.2, 0.25) is 0 Å². The molecule has 4 aromatic rings. The van der Waals surface area contributed by atoms with Crippen LogP contribution < -0.4 is 15.0 Å². The summed E-state index contributed by atoms with van der Waals surface area (Å²) < 4.78 is 5.58. The van der Waals surface area contributed by atoms with E-state index in [4.69, 9.17) is 4.74 Å². The fraction of sp³-hybridized carbons (Fsp3) is 0.310. The number of nitrogens with one attached hydrogen (secondary N) is 1. The topological polar surface area (TPSA) is 115 Å². The lowest BCUT2D eigenvalue weighted by molar-refractivity contribution is -0.128. The third-order valence-electron chi connectivity index (χ3n) is 5.76. The molecule has 39 heavy (non-hydrogen) atoms. The van der Waals surface area contributed by atoms with E-state index in [0.29, 0.717) is 29.4 Å². The highest BCUT2D eigenvalue weighted by Crippen LogP contribution is 2.30. The van der Waals surface area contributed by atoms with Crippen LogP contribution in [0.4, 0.5) is 5.69 Å². The Morgan fingerprint density at radius 2 is 1.67 bits per heavy atom. The number of aromatic nitrogens is 5. The maximum absolute atomic E-state index is 14.0. The second-order valence-electron chi connectivity index (χ2n) is 10.1. The second-order valence-corrected chi connectivity index (χ2v) is 10.1. The van der Waals surface area contributed by atoms with Crippen LogP contribution >= 0.6 is 0 Å². The van der Waals surface area contributed by atoms with Gasteiger partial charge in [-0.05, 0) is 81.8 Å². The fourth-order valence-electron chi connectivity index (χ4n) is 4.03. The molecule has 2 aromatic heterocycles. The number of hydrogen-bond donors (Lipinski definition) is 1. The van der Waals surface area contributed by atoms with E-state index >= 15 is 0 Å². The molecular weight excluding hydrogens is 494 g/mol. The molecule has 10 nitrogen and oxygen atoms in total. The number of ether oxygens (including phenoxy) is 1. The van der Waals surface area contributed by atoms with Gasteiger partial charge in [0, 0.05) is 29.2 Å². The molecular formula is C29H33N7O3. The summed E-state index contributed by atoms with van der Waals surface area (Å²) in [5.41, 5.74) is 2.52. The SMILES string of the molecule is CCOc1ccc(N(C(=O)Cn2nnc(-c3ccc(C)cc3)n2)C(C(=O)NC(C)(C)C)c2ccncc2)cc1. The van der Waals surface area contributed by atoms with Gasteiger partial charge in [0.15, 0.2) is 0 Å². The van der Waals surface area contributed by atoms with E-state index in [9.17, 15) is 9.59 Å². The van der Waals surface area contributed by atoms with E-state index in [2.05, 4.69) is 25.7 Å². The highest BCUT2D eigenvalue weighted by molar-refractivity contribution is 6.01. The van der Waals surface area contributed by atoms with E-state index in [1.165, 1.54) is 9.70 Å². The maximum atomic E-state index is 14.0. The van der Waals surface area contributed by atoms with Crippen molar-refractivity contribution in [2.45, 2.75) is 52.7 Å². The highest BCUT2D eigenvalue weighted by Gasteiger charge is 2.35. The molecule has 0 spiro atoms. The first-order chi connectivity index (χ1) is 18.6. The molecule has 0 saturated heterocycles. The number of carbonyl (C=O) groups excluding carboxylic acids is 2. The van der Waals surface area contributed by atoms with Crippen molar-refractivity contribution < 1.29 is 14.3 Å². The number of nitrogens with zero attached hydrogens (tertiary/aromatic N) is 6. The third-order valence-corrected chi connectivity index (χ3v) is 5.76. The minimum absolute atomic E-state index is 0.226. The third kappa shape index (κ3) is 7.04. The molecule has 0 aliphatic carbocycles. The van der Waals surface area contributed by atoms with Crippen molar-refractivity contribution in [3.8, 4) is 17.1 Å². The van der Waals surface area contributed by atoms with Gasteiger partial charge in [-0.15, -0.1) is 10.2 Å². The molecule has 0 radical (unpaired) electrons. The van der Waals surface area contributed by atoms with Gasteiger partial charge in [-0.2, -0.15) is 4.80 Å². The van der Waals surface area contributed by atoms with Crippen LogP contribution in [0.3, 0.4) is 0 Å². The summed E-state index contributed by atoms with van der Waals surface area (Å²) in [6.07, 6.45) is 3.20. The number of tetrazole rings is 1. The summed E-state index contributed by atoms with van der Waals surface area (Å²) in [6.45, 7) is 9.86. The minimum Gasteiger partial charge on any atom is -0.494 e. The number of aryl methyl sites for hydroxylation is 1. The maximum Gasteiger partial charge on any atom is 0.251 e. The van der Waals surface area contributed by atoms with Crippen molar-refractivity contribution in [2.75, 3.05) is 11.5 Å². The lowest BCUT2D eigenvalue weighted by atomic mass is 10.0. The van der Waals surface area contributed by atoms with Gasteiger partial charge in [0.2, 0.25) is 11.7 Å². The van der Waals surface area contributed by atoms with Gasteiger partial charge in [-0.3, -0.25) is 19.5 Å². The quantitative estimate of drug-likeness (QED) is 0.348. The highest BCUT2D eigenvalue weighted by atomic mass is 16.5. The van der Waals surface area contributed by atoms with Crippen molar-refractivity contribution in [3.05, 3.63) is 84.2 Å². The second kappa shape index (κ2) is 11.8. The lowest BCUT2D eigenvalue weighted by Gasteiger charge is -2.33.